The number of imidazole rings is 1. The summed E-state index contributed by atoms with van der Waals surface area (Å²) in [6, 6.07) is 2.06. The van der Waals surface area contributed by atoms with Gasteiger partial charge >= 0.3 is 6.18 Å². The van der Waals surface area contributed by atoms with Gasteiger partial charge in [-0.1, -0.05) is 0 Å². The number of hydrogen-bond acceptors (Lipinski definition) is 4. The number of anilines is 1. The van der Waals surface area contributed by atoms with E-state index in [4.69, 9.17) is 5.73 Å². The molecule has 3 rings (SSSR count). The number of carbonyl (C=O) groups is 1. The van der Waals surface area contributed by atoms with Crippen molar-refractivity contribution in [2.24, 2.45) is 5.73 Å². The topological polar surface area (TPSA) is 67.4 Å². The fourth-order valence-electron chi connectivity index (χ4n) is 3.21. The van der Waals surface area contributed by atoms with Gasteiger partial charge in [-0.25, -0.2) is 18.2 Å². The molecule has 1 amide bonds. The van der Waals surface area contributed by atoms with E-state index in [2.05, 4.69) is 4.98 Å². The van der Waals surface area contributed by atoms with Crippen LogP contribution in [-0.4, -0.2) is 65.2 Å². The molecule has 160 valence electrons. The first-order valence-corrected chi connectivity index (χ1v) is 8.72. The van der Waals surface area contributed by atoms with E-state index >= 15 is 0 Å². The number of alkyl halides is 5. The molecular weight excluding hydrogens is 404 g/mol. The van der Waals surface area contributed by atoms with Crippen LogP contribution in [0.25, 0.3) is 11.0 Å². The predicted octanol–water partition coefficient (Wildman–Crippen LogP) is 2.37. The van der Waals surface area contributed by atoms with Crippen LogP contribution >= 0.6 is 0 Å². The molecule has 0 bridgehead atoms. The molecule has 2 N–H and O–H groups in total. The lowest BCUT2D eigenvalue weighted by Gasteiger charge is -2.37. The number of piperidine rings is 1. The summed E-state index contributed by atoms with van der Waals surface area (Å²) in [6.07, 6.45) is -5.12. The van der Waals surface area contributed by atoms with Crippen LogP contribution in [0.4, 0.5) is 32.3 Å². The van der Waals surface area contributed by atoms with Crippen molar-refractivity contribution < 1.29 is 31.1 Å². The van der Waals surface area contributed by atoms with E-state index in [0.29, 0.717) is 10.4 Å². The van der Waals surface area contributed by atoms with Crippen LogP contribution in [0.5, 0.6) is 0 Å². The van der Waals surface area contributed by atoms with Crippen molar-refractivity contribution in [2.75, 3.05) is 31.6 Å². The Bertz CT molecular complexity index is 912. The molecule has 0 radical (unpaired) electrons. The molecule has 1 saturated heterocycles. The second-order valence-corrected chi connectivity index (χ2v) is 7.06. The van der Waals surface area contributed by atoms with Gasteiger partial charge in [-0.05, 0) is 12.1 Å². The number of halogens is 6. The smallest absolute Gasteiger partial charge is 0.340 e. The number of nitrogens with two attached hydrogens (primary N) is 1. The first-order valence-electron chi connectivity index (χ1n) is 8.72. The monoisotopic (exact) mass is 423 g/mol. The van der Waals surface area contributed by atoms with Gasteiger partial charge in [-0.15, -0.1) is 0 Å². The van der Waals surface area contributed by atoms with Gasteiger partial charge in [-0.2, -0.15) is 13.2 Å². The van der Waals surface area contributed by atoms with Crippen molar-refractivity contribution in [1.29, 1.82) is 0 Å². The highest BCUT2D eigenvalue weighted by Gasteiger charge is 2.43. The molecule has 0 aliphatic carbocycles. The Hall–Kier alpha value is -2.50. The van der Waals surface area contributed by atoms with E-state index in [0.717, 1.165) is 19.2 Å². The van der Waals surface area contributed by atoms with Crippen molar-refractivity contribution >= 4 is 22.9 Å². The number of amides is 1. The Balaban J connectivity index is 1.95. The van der Waals surface area contributed by atoms with E-state index in [1.54, 1.807) is 0 Å². The second kappa shape index (κ2) is 7.39. The van der Waals surface area contributed by atoms with Gasteiger partial charge in [0.15, 0.2) is 0 Å². The molecule has 2 heterocycles. The van der Waals surface area contributed by atoms with Crippen LogP contribution in [0.3, 0.4) is 0 Å². The van der Waals surface area contributed by atoms with Crippen LogP contribution in [-0.2, 0) is 11.3 Å². The van der Waals surface area contributed by atoms with Crippen LogP contribution in [0.1, 0.15) is 6.42 Å². The zero-order chi connectivity index (χ0) is 21.6. The largest absolute Gasteiger partial charge is 0.406 e. The number of likely N-dealkylation sites (N-methyl/N-ethyl adjacent to an activating group) is 1. The molecule has 0 spiro atoms. The van der Waals surface area contributed by atoms with Crippen LogP contribution < -0.4 is 10.6 Å². The van der Waals surface area contributed by atoms with Crippen molar-refractivity contribution in [3.63, 3.8) is 0 Å². The minimum atomic E-state index is -4.57. The van der Waals surface area contributed by atoms with Crippen LogP contribution in [0, 0.1) is 5.82 Å². The molecule has 1 aromatic heterocycles. The average molecular weight is 423 g/mol. The molecule has 1 fully saturated rings. The minimum Gasteiger partial charge on any atom is -0.340 e. The summed E-state index contributed by atoms with van der Waals surface area (Å²) in [6.45, 7) is -2.36. The number of carbonyl (C=O) groups excluding carboxylic acids is 1. The van der Waals surface area contributed by atoms with Gasteiger partial charge in [0, 0.05) is 32.6 Å². The summed E-state index contributed by atoms with van der Waals surface area (Å²) >= 11 is 0. The van der Waals surface area contributed by atoms with E-state index in [1.165, 1.54) is 15.5 Å². The highest BCUT2D eigenvalue weighted by molar-refractivity contribution is 5.83. The fourth-order valence-corrected chi connectivity index (χ4v) is 3.21. The molecule has 1 atom stereocenters. The van der Waals surface area contributed by atoms with Gasteiger partial charge < -0.3 is 20.1 Å². The van der Waals surface area contributed by atoms with Gasteiger partial charge in [0.05, 0.1) is 17.1 Å². The van der Waals surface area contributed by atoms with Crippen molar-refractivity contribution in [1.82, 2.24) is 14.5 Å². The van der Waals surface area contributed by atoms with E-state index < -0.39 is 49.4 Å². The van der Waals surface area contributed by atoms with E-state index in [1.807, 2.05) is 0 Å². The molecule has 0 saturated carbocycles. The first kappa shape index (κ1) is 21.2. The number of benzene rings is 1. The Morgan fingerprint density at radius 1 is 1.38 bits per heavy atom. The highest BCUT2D eigenvalue weighted by atomic mass is 19.4. The third-order valence-corrected chi connectivity index (χ3v) is 4.78. The third-order valence-electron chi connectivity index (χ3n) is 4.78. The summed E-state index contributed by atoms with van der Waals surface area (Å²) in [4.78, 5) is 18.5. The molecule has 12 heteroatoms. The standard InChI is InChI=1S/C17H19F6N5O/c1-26(9-17(21,22)23)14(29)8-28-12-3-2-10(18)6-11(12)25-15(28)27-5-4-16(19,20)13(24)7-27/h2-3,6,13H,4-5,7-9,24H2,1H3/t13-/m1/s1. The molecular formula is C17H19F6N5O. The molecule has 1 aliphatic heterocycles. The SMILES string of the molecule is CN(CC(F)(F)F)C(=O)Cn1c(N2CCC(F)(F)[C@H](N)C2)nc2cc(F)ccc21. The minimum absolute atomic E-state index is 0.0744. The lowest BCUT2D eigenvalue weighted by atomic mass is 10.0. The Kier molecular flexibility index (Phi) is 5.41. The molecule has 29 heavy (non-hydrogen) atoms. The number of hydrogen-bond donors (Lipinski definition) is 1. The van der Waals surface area contributed by atoms with Gasteiger partial charge in [0.25, 0.3) is 5.92 Å². The second-order valence-electron chi connectivity index (χ2n) is 7.06. The Morgan fingerprint density at radius 3 is 2.69 bits per heavy atom. The Morgan fingerprint density at radius 2 is 2.07 bits per heavy atom. The molecule has 1 aromatic carbocycles. The first-order chi connectivity index (χ1) is 13.4. The molecule has 2 aromatic rings. The van der Waals surface area contributed by atoms with E-state index in [9.17, 15) is 31.1 Å². The maximum atomic E-state index is 13.7. The molecule has 0 unspecified atom stereocenters. The van der Waals surface area contributed by atoms with Crippen molar-refractivity contribution in [3.8, 4) is 0 Å². The number of rotatable bonds is 4. The summed E-state index contributed by atoms with van der Waals surface area (Å²) < 4.78 is 80.1. The van der Waals surface area contributed by atoms with Crippen molar-refractivity contribution in [3.05, 3.63) is 24.0 Å². The average Bonchev–Trinajstić information content (AvgIpc) is 2.93. The predicted molar refractivity (Wildman–Crippen MR) is 93.1 cm³/mol. The zero-order valence-electron chi connectivity index (χ0n) is 15.4. The van der Waals surface area contributed by atoms with Gasteiger partial charge in [0.2, 0.25) is 11.9 Å². The lowest BCUT2D eigenvalue weighted by molar-refractivity contribution is -0.158. The van der Waals surface area contributed by atoms with Gasteiger partial charge in [0.1, 0.15) is 18.9 Å². The highest BCUT2D eigenvalue weighted by Crippen LogP contribution is 2.31. The van der Waals surface area contributed by atoms with Crippen molar-refractivity contribution in [2.45, 2.75) is 31.1 Å². The number of aromatic nitrogens is 2. The third kappa shape index (κ3) is 4.57. The number of nitrogens with zero attached hydrogens (tertiary/aromatic N) is 4. The molecule has 1 aliphatic rings. The maximum Gasteiger partial charge on any atom is 0.406 e. The molecule has 6 nitrogen and oxygen atoms in total. The van der Waals surface area contributed by atoms with Crippen LogP contribution in [0.2, 0.25) is 0 Å². The number of fused-ring (bicyclic) bond motifs is 1. The summed E-state index contributed by atoms with van der Waals surface area (Å²) in [7, 11) is 1.01. The van der Waals surface area contributed by atoms with E-state index in [-0.39, 0.29) is 24.6 Å². The summed E-state index contributed by atoms with van der Waals surface area (Å²) in [5.74, 6) is -4.46. The van der Waals surface area contributed by atoms with Gasteiger partial charge in [-0.3, -0.25) is 4.79 Å². The normalized spacial score (nSPS) is 19.6. The Labute approximate surface area is 161 Å². The summed E-state index contributed by atoms with van der Waals surface area (Å²) in [5, 5.41) is 0. The fraction of sp³-hybridized carbons (Fsp3) is 0.529. The quantitative estimate of drug-likeness (QED) is 0.767. The van der Waals surface area contributed by atoms with Crippen LogP contribution in [0.15, 0.2) is 18.2 Å². The lowest BCUT2D eigenvalue weighted by Crippen LogP contribution is -2.56. The summed E-state index contributed by atoms with van der Waals surface area (Å²) in [5.41, 5.74) is 5.98. The zero-order valence-corrected chi connectivity index (χ0v) is 15.4. The maximum absolute atomic E-state index is 13.7.